The zero-order valence-electron chi connectivity index (χ0n) is 15.7. The first kappa shape index (κ1) is 19.7. The van der Waals surface area contributed by atoms with Crippen molar-refractivity contribution in [2.75, 3.05) is 0 Å². The molecule has 1 saturated carbocycles. The van der Waals surface area contributed by atoms with Crippen LogP contribution in [0.25, 0.3) is 0 Å². The maximum Gasteiger partial charge on any atom is 0.373 e. The minimum Gasteiger partial charge on any atom is -0.293 e. The van der Waals surface area contributed by atoms with Gasteiger partial charge >= 0.3 is 5.97 Å². The van der Waals surface area contributed by atoms with Gasteiger partial charge in [0.1, 0.15) is 14.2 Å². The van der Waals surface area contributed by atoms with Crippen LogP contribution in [0.4, 0.5) is 0 Å². The molecule has 2 unspecified atom stereocenters. The molecular formula is C21H30O3Si. The highest BCUT2D eigenvalue weighted by atomic mass is 28.3. The molecule has 0 amide bonds. The third-order valence-electron chi connectivity index (χ3n) is 5.65. The van der Waals surface area contributed by atoms with Gasteiger partial charge in [-0.3, -0.25) is 4.89 Å². The van der Waals surface area contributed by atoms with Gasteiger partial charge in [0.15, 0.2) is 0 Å². The molecule has 0 N–H and O–H groups in total. The SMILES string of the molecule is C=C[Si](C=C)(CC)c1ccc(C(=O)OOC2C(C)CCCC2C)cc1. The van der Waals surface area contributed by atoms with Crippen LogP contribution in [0.15, 0.2) is 48.8 Å². The van der Waals surface area contributed by atoms with Crippen LogP contribution in [0, 0.1) is 11.8 Å². The predicted octanol–water partition coefficient (Wildman–Crippen LogP) is 4.73. The van der Waals surface area contributed by atoms with Gasteiger partial charge in [-0.1, -0.05) is 55.9 Å². The summed E-state index contributed by atoms with van der Waals surface area (Å²) in [6.45, 7) is 14.4. The molecule has 3 nitrogen and oxygen atoms in total. The van der Waals surface area contributed by atoms with Crippen LogP contribution in [-0.4, -0.2) is 20.1 Å². The van der Waals surface area contributed by atoms with Gasteiger partial charge in [-0.2, -0.15) is 4.89 Å². The predicted molar refractivity (Wildman–Crippen MR) is 105 cm³/mol. The Balaban J connectivity index is 2.03. The maximum absolute atomic E-state index is 12.3. The van der Waals surface area contributed by atoms with Gasteiger partial charge in [0.25, 0.3) is 0 Å². The average molecular weight is 359 g/mol. The Kier molecular flexibility index (Phi) is 6.79. The van der Waals surface area contributed by atoms with Gasteiger partial charge < -0.3 is 0 Å². The van der Waals surface area contributed by atoms with Crippen LogP contribution in [-0.2, 0) is 9.78 Å². The van der Waals surface area contributed by atoms with E-state index < -0.39 is 14.0 Å². The van der Waals surface area contributed by atoms with Gasteiger partial charge in [0.2, 0.25) is 0 Å². The highest BCUT2D eigenvalue weighted by Gasteiger charge is 2.31. The van der Waals surface area contributed by atoms with Gasteiger partial charge in [-0.25, -0.2) is 4.79 Å². The smallest absolute Gasteiger partial charge is 0.293 e. The summed E-state index contributed by atoms with van der Waals surface area (Å²) in [6, 6.07) is 8.59. The van der Waals surface area contributed by atoms with Crippen molar-refractivity contribution in [3.63, 3.8) is 0 Å². The molecule has 0 radical (unpaired) electrons. The van der Waals surface area contributed by atoms with E-state index in [4.69, 9.17) is 9.78 Å². The lowest BCUT2D eigenvalue weighted by Crippen LogP contribution is -2.43. The highest BCUT2D eigenvalue weighted by Crippen LogP contribution is 2.31. The molecule has 0 heterocycles. The molecule has 1 aliphatic carbocycles. The van der Waals surface area contributed by atoms with E-state index in [9.17, 15) is 4.79 Å². The van der Waals surface area contributed by atoms with Crippen molar-refractivity contribution in [1.29, 1.82) is 0 Å². The quantitative estimate of drug-likeness (QED) is 0.402. The zero-order valence-corrected chi connectivity index (χ0v) is 16.7. The van der Waals surface area contributed by atoms with E-state index in [2.05, 4.69) is 33.9 Å². The molecule has 4 heteroatoms. The molecule has 0 bridgehead atoms. The second-order valence-electron chi connectivity index (χ2n) is 7.20. The Morgan fingerprint density at radius 1 is 1.16 bits per heavy atom. The van der Waals surface area contributed by atoms with Gasteiger partial charge in [-0.05, 0) is 42.9 Å². The molecule has 1 aromatic rings. The van der Waals surface area contributed by atoms with Crippen molar-refractivity contribution in [2.24, 2.45) is 11.8 Å². The number of hydrogen-bond donors (Lipinski definition) is 0. The summed E-state index contributed by atoms with van der Waals surface area (Å²) in [6.07, 6.45) is 3.44. The molecule has 1 fully saturated rings. The van der Waals surface area contributed by atoms with E-state index in [1.807, 2.05) is 23.5 Å². The van der Waals surface area contributed by atoms with Crippen LogP contribution >= 0.6 is 0 Å². The van der Waals surface area contributed by atoms with Crippen molar-refractivity contribution in [2.45, 2.75) is 52.2 Å². The molecular weight excluding hydrogens is 328 g/mol. The van der Waals surface area contributed by atoms with Crippen LogP contribution in [0.3, 0.4) is 0 Å². The van der Waals surface area contributed by atoms with E-state index in [1.165, 1.54) is 11.6 Å². The fourth-order valence-electron chi connectivity index (χ4n) is 3.72. The standard InChI is InChI=1S/C21H30O3Si/c1-6-25(7-2,8-3)19-14-12-18(13-15-19)21(22)24-23-20-16(4)10-9-11-17(20)5/h6-7,12-17,20H,1-2,8-11H2,3-5H3. The molecule has 2 atom stereocenters. The lowest BCUT2D eigenvalue weighted by atomic mass is 9.81. The lowest BCUT2D eigenvalue weighted by molar-refractivity contribution is -0.299. The Hall–Kier alpha value is -1.65. The fraction of sp³-hybridized carbons (Fsp3) is 0.476. The number of carbonyl (C=O) groups is 1. The second-order valence-corrected chi connectivity index (χ2v) is 11.4. The van der Waals surface area contributed by atoms with Crippen molar-refractivity contribution < 1.29 is 14.6 Å². The lowest BCUT2D eigenvalue weighted by Gasteiger charge is -2.32. The van der Waals surface area contributed by atoms with E-state index in [0.717, 1.165) is 18.9 Å². The summed E-state index contributed by atoms with van der Waals surface area (Å²) < 4.78 is 0. The van der Waals surface area contributed by atoms with Crippen molar-refractivity contribution in [3.05, 3.63) is 54.4 Å². The summed E-state index contributed by atoms with van der Waals surface area (Å²) in [5.74, 6) is 0.392. The van der Waals surface area contributed by atoms with Crippen molar-refractivity contribution in [3.8, 4) is 0 Å². The molecule has 0 aromatic heterocycles. The van der Waals surface area contributed by atoms with Crippen LogP contribution < -0.4 is 5.19 Å². The highest BCUT2D eigenvalue weighted by molar-refractivity contribution is 6.99. The molecule has 2 rings (SSSR count). The Labute approximate surface area is 152 Å². The maximum atomic E-state index is 12.3. The average Bonchev–Trinajstić information content (AvgIpc) is 2.63. The third-order valence-corrected chi connectivity index (χ3v) is 9.68. The third kappa shape index (κ3) is 4.31. The number of hydrogen-bond acceptors (Lipinski definition) is 3. The van der Waals surface area contributed by atoms with Crippen LogP contribution in [0.1, 0.15) is 50.4 Å². The zero-order chi connectivity index (χ0) is 18.4. The summed E-state index contributed by atoms with van der Waals surface area (Å²) in [4.78, 5) is 23.0. The largest absolute Gasteiger partial charge is 0.373 e. The van der Waals surface area contributed by atoms with Crippen LogP contribution in [0.5, 0.6) is 0 Å². The van der Waals surface area contributed by atoms with Gasteiger partial charge in [-0.15, -0.1) is 13.2 Å². The Bertz CT molecular complexity index is 590. The molecule has 1 aliphatic rings. The fourth-order valence-corrected chi connectivity index (χ4v) is 6.13. The van der Waals surface area contributed by atoms with E-state index in [-0.39, 0.29) is 6.10 Å². The number of rotatable bonds is 7. The Morgan fingerprint density at radius 2 is 1.72 bits per heavy atom. The first-order chi connectivity index (χ1) is 12.0. The number of benzene rings is 1. The molecule has 0 spiro atoms. The molecule has 1 aromatic carbocycles. The van der Waals surface area contributed by atoms with E-state index in [1.54, 1.807) is 12.1 Å². The molecule has 136 valence electrons. The summed E-state index contributed by atoms with van der Waals surface area (Å²) in [7, 11) is -1.87. The summed E-state index contributed by atoms with van der Waals surface area (Å²) in [5, 5.41) is 1.20. The van der Waals surface area contributed by atoms with Gasteiger partial charge in [0.05, 0.1) is 5.56 Å². The van der Waals surface area contributed by atoms with Crippen molar-refractivity contribution >= 4 is 19.2 Å². The Morgan fingerprint density at radius 3 is 2.20 bits per heavy atom. The van der Waals surface area contributed by atoms with E-state index >= 15 is 0 Å². The summed E-state index contributed by atoms with van der Waals surface area (Å²) >= 11 is 0. The minimum absolute atomic E-state index is 0.0151. The van der Waals surface area contributed by atoms with Crippen molar-refractivity contribution in [1.82, 2.24) is 0 Å². The summed E-state index contributed by atoms with van der Waals surface area (Å²) in [5.41, 5.74) is 4.57. The molecule has 0 aliphatic heterocycles. The normalized spacial score (nSPS) is 23.7. The first-order valence-electron chi connectivity index (χ1n) is 9.22. The molecule has 25 heavy (non-hydrogen) atoms. The van der Waals surface area contributed by atoms with Crippen LogP contribution in [0.2, 0.25) is 6.04 Å². The van der Waals surface area contributed by atoms with Gasteiger partial charge in [0, 0.05) is 0 Å². The second kappa shape index (κ2) is 8.63. The number of carbonyl (C=O) groups excluding carboxylic acids is 1. The monoisotopic (exact) mass is 358 g/mol. The molecule has 0 saturated heterocycles. The topological polar surface area (TPSA) is 35.5 Å². The first-order valence-corrected chi connectivity index (χ1v) is 11.6. The van der Waals surface area contributed by atoms with E-state index in [0.29, 0.717) is 17.4 Å². The minimum atomic E-state index is -1.87.